The van der Waals surface area contributed by atoms with Crippen molar-refractivity contribution >= 4 is 34.1 Å². The van der Waals surface area contributed by atoms with Gasteiger partial charge in [-0.25, -0.2) is 4.99 Å². The molecule has 1 aliphatic carbocycles. The Morgan fingerprint density at radius 1 is 1.21 bits per heavy atom. The molecule has 0 bridgehead atoms. The molecule has 1 atom stereocenters. The van der Waals surface area contributed by atoms with Gasteiger partial charge in [0.15, 0.2) is 0 Å². The molecule has 0 spiro atoms. The summed E-state index contributed by atoms with van der Waals surface area (Å²) in [5.74, 6) is 2.18. The zero-order chi connectivity index (χ0) is 26.9. The van der Waals surface area contributed by atoms with Gasteiger partial charge in [-0.15, -0.1) is 11.3 Å². The summed E-state index contributed by atoms with van der Waals surface area (Å²) in [4.78, 5) is 29.8. The van der Waals surface area contributed by atoms with Crippen LogP contribution in [0.4, 0.5) is 10.7 Å². The summed E-state index contributed by atoms with van der Waals surface area (Å²) in [6.07, 6.45) is 6.02. The number of nitrogens with zero attached hydrogens (tertiary/aromatic N) is 2. The van der Waals surface area contributed by atoms with Gasteiger partial charge in [0.1, 0.15) is 22.3 Å². The van der Waals surface area contributed by atoms with Crippen LogP contribution < -0.4 is 5.32 Å². The topological polar surface area (TPSA) is 111 Å². The summed E-state index contributed by atoms with van der Waals surface area (Å²) in [5.41, 5.74) is 2.66. The van der Waals surface area contributed by atoms with Crippen LogP contribution in [0.25, 0.3) is 11.3 Å². The van der Waals surface area contributed by atoms with Gasteiger partial charge in [-0.3, -0.25) is 14.9 Å². The van der Waals surface area contributed by atoms with Crippen molar-refractivity contribution in [3.05, 3.63) is 92.4 Å². The highest BCUT2D eigenvalue weighted by atomic mass is 32.1. The van der Waals surface area contributed by atoms with Crippen LogP contribution in [0.1, 0.15) is 59.5 Å². The van der Waals surface area contributed by atoms with Gasteiger partial charge >= 0.3 is 0 Å². The highest BCUT2D eigenvalue weighted by Gasteiger charge is 2.33. The van der Waals surface area contributed by atoms with Crippen LogP contribution in [-0.2, 0) is 19.4 Å². The molecule has 1 aromatic carbocycles. The first kappa shape index (κ1) is 25.7. The predicted octanol–water partition coefficient (Wildman–Crippen LogP) is 7.34. The molecule has 4 aromatic rings. The molecule has 9 heteroatoms. The van der Waals surface area contributed by atoms with E-state index in [1.807, 2.05) is 6.07 Å². The fourth-order valence-electron chi connectivity index (χ4n) is 4.75. The summed E-state index contributed by atoms with van der Waals surface area (Å²) in [6, 6.07) is 13.4. The number of rotatable bonds is 7. The SMILES string of the molecule is CC(C)(C)[C@@H]1CCc2c(sc(N=Cc3ccc(-c4ccc([N+](=O)[O-])cc4)o3)c2C(=O)NCc2ccco2)C1. The van der Waals surface area contributed by atoms with Crippen LogP contribution in [0.15, 0.2) is 68.6 Å². The average Bonchev–Trinajstić information content (AvgIpc) is 3.65. The number of thiophene rings is 1. The monoisotopic (exact) mass is 531 g/mol. The smallest absolute Gasteiger partial charge is 0.269 e. The second kappa shape index (κ2) is 10.4. The fraction of sp³-hybridized carbons (Fsp3) is 0.310. The van der Waals surface area contributed by atoms with Crippen molar-refractivity contribution in [3.63, 3.8) is 0 Å². The van der Waals surface area contributed by atoms with Crippen molar-refractivity contribution in [2.45, 2.75) is 46.6 Å². The highest BCUT2D eigenvalue weighted by Crippen LogP contribution is 2.45. The number of benzene rings is 1. The minimum atomic E-state index is -0.434. The van der Waals surface area contributed by atoms with E-state index in [1.54, 1.807) is 54.1 Å². The normalized spacial score (nSPS) is 15.5. The Hall–Kier alpha value is -3.98. The first-order valence-corrected chi connectivity index (χ1v) is 13.3. The third-order valence-corrected chi connectivity index (χ3v) is 8.16. The highest BCUT2D eigenvalue weighted by molar-refractivity contribution is 7.16. The summed E-state index contributed by atoms with van der Waals surface area (Å²) in [6.45, 7) is 7.12. The van der Waals surface area contributed by atoms with E-state index in [1.165, 1.54) is 17.0 Å². The lowest BCUT2D eigenvalue weighted by Crippen LogP contribution is -2.28. The number of amides is 1. The Balaban J connectivity index is 1.41. The molecule has 1 N–H and O–H groups in total. The zero-order valence-electron chi connectivity index (χ0n) is 21.5. The number of non-ortho nitro benzene ring substituents is 1. The molecule has 38 heavy (non-hydrogen) atoms. The molecule has 3 heterocycles. The Labute approximate surface area is 224 Å². The molecule has 0 radical (unpaired) electrons. The van der Waals surface area contributed by atoms with Crippen molar-refractivity contribution in [1.82, 2.24) is 5.32 Å². The van der Waals surface area contributed by atoms with Crippen LogP contribution >= 0.6 is 11.3 Å². The maximum absolute atomic E-state index is 13.4. The largest absolute Gasteiger partial charge is 0.467 e. The van der Waals surface area contributed by atoms with Crippen LogP contribution in [0.3, 0.4) is 0 Å². The standard InChI is InChI=1S/C29H29N3O5S/c1-29(2,3)19-8-12-23-25(15-19)38-28(26(23)27(33)30-16-21-5-4-14-36-21)31-17-22-11-13-24(37-22)18-6-9-20(10-7-18)32(34)35/h4-7,9-11,13-14,17,19H,8,12,15-16H2,1-3H3,(H,30,33)/t19-/m1/s1. The van der Waals surface area contributed by atoms with E-state index in [-0.39, 0.29) is 17.0 Å². The average molecular weight is 532 g/mol. The van der Waals surface area contributed by atoms with Crippen molar-refractivity contribution in [1.29, 1.82) is 0 Å². The molecule has 1 amide bonds. The van der Waals surface area contributed by atoms with E-state index < -0.39 is 4.92 Å². The minimum absolute atomic E-state index is 0.0234. The lowest BCUT2D eigenvalue weighted by Gasteiger charge is -2.33. The molecule has 0 aliphatic heterocycles. The molecule has 5 rings (SSSR count). The Morgan fingerprint density at radius 3 is 2.68 bits per heavy atom. The molecular weight excluding hydrogens is 502 g/mol. The van der Waals surface area contributed by atoms with Gasteiger partial charge in [-0.05, 0) is 72.6 Å². The first-order chi connectivity index (χ1) is 18.2. The van der Waals surface area contributed by atoms with Gasteiger partial charge in [-0.1, -0.05) is 20.8 Å². The number of nitro groups is 1. The maximum Gasteiger partial charge on any atom is 0.269 e. The summed E-state index contributed by atoms with van der Waals surface area (Å²) >= 11 is 1.57. The fourth-order valence-corrected chi connectivity index (χ4v) is 6.02. The number of aliphatic imine (C=N–C) groups is 1. The minimum Gasteiger partial charge on any atom is -0.467 e. The second-order valence-corrected chi connectivity index (χ2v) is 11.6. The molecule has 1 aliphatic rings. The van der Waals surface area contributed by atoms with E-state index >= 15 is 0 Å². The van der Waals surface area contributed by atoms with Crippen molar-refractivity contribution in [2.75, 3.05) is 0 Å². The van der Waals surface area contributed by atoms with Gasteiger partial charge < -0.3 is 14.2 Å². The summed E-state index contributed by atoms with van der Waals surface area (Å²) in [7, 11) is 0. The van der Waals surface area contributed by atoms with Crippen molar-refractivity contribution < 1.29 is 18.6 Å². The number of nitrogens with one attached hydrogen (secondary N) is 1. The molecule has 0 fully saturated rings. The lowest BCUT2D eigenvalue weighted by molar-refractivity contribution is -0.384. The Kier molecular flexibility index (Phi) is 7.03. The van der Waals surface area contributed by atoms with E-state index in [0.717, 1.165) is 30.4 Å². The van der Waals surface area contributed by atoms with Crippen LogP contribution in [0.2, 0.25) is 0 Å². The van der Waals surface area contributed by atoms with E-state index in [2.05, 4.69) is 26.1 Å². The predicted molar refractivity (Wildman–Crippen MR) is 147 cm³/mol. The number of hydrogen-bond donors (Lipinski definition) is 1. The summed E-state index contributed by atoms with van der Waals surface area (Å²) < 4.78 is 11.3. The van der Waals surface area contributed by atoms with Crippen molar-refractivity contribution in [3.8, 4) is 11.3 Å². The molecule has 8 nitrogen and oxygen atoms in total. The molecule has 196 valence electrons. The number of nitro benzene ring substituents is 1. The van der Waals surface area contributed by atoms with Gasteiger partial charge in [-0.2, -0.15) is 0 Å². The molecule has 0 saturated heterocycles. The zero-order valence-corrected chi connectivity index (χ0v) is 22.3. The molecular formula is C29H29N3O5S. The number of carbonyl (C=O) groups excluding carboxylic acids is 1. The number of hydrogen-bond acceptors (Lipinski definition) is 7. The lowest BCUT2D eigenvalue weighted by atomic mass is 9.72. The molecule has 0 unspecified atom stereocenters. The van der Waals surface area contributed by atoms with E-state index in [0.29, 0.717) is 40.3 Å². The van der Waals surface area contributed by atoms with E-state index in [4.69, 9.17) is 13.8 Å². The molecule has 3 aromatic heterocycles. The number of fused-ring (bicyclic) bond motifs is 1. The second-order valence-electron chi connectivity index (χ2n) is 10.5. The van der Waals surface area contributed by atoms with Crippen LogP contribution in [0.5, 0.6) is 0 Å². The van der Waals surface area contributed by atoms with Gasteiger partial charge in [0.05, 0.1) is 29.5 Å². The number of carbonyl (C=O) groups is 1. The molecule has 0 saturated carbocycles. The van der Waals surface area contributed by atoms with Gasteiger partial charge in [0, 0.05) is 22.6 Å². The maximum atomic E-state index is 13.4. The Bertz CT molecular complexity index is 1470. The van der Waals surface area contributed by atoms with E-state index in [9.17, 15) is 14.9 Å². The third-order valence-electron chi connectivity index (χ3n) is 7.00. The third kappa shape index (κ3) is 5.47. The van der Waals surface area contributed by atoms with Gasteiger partial charge in [0.2, 0.25) is 0 Å². The summed E-state index contributed by atoms with van der Waals surface area (Å²) in [5, 5.41) is 14.6. The quantitative estimate of drug-likeness (QED) is 0.152. The number of furan rings is 2. The first-order valence-electron chi connectivity index (χ1n) is 12.5. The Morgan fingerprint density at radius 2 is 2.00 bits per heavy atom. The van der Waals surface area contributed by atoms with Crippen molar-refractivity contribution in [2.24, 2.45) is 16.3 Å². The van der Waals surface area contributed by atoms with Crippen LogP contribution in [0, 0.1) is 21.4 Å². The van der Waals surface area contributed by atoms with Crippen LogP contribution in [-0.4, -0.2) is 17.0 Å². The van der Waals surface area contributed by atoms with Gasteiger partial charge in [0.25, 0.3) is 11.6 Å².